The first-order valence-electron chi connectivity index (χ1n) is 6.54. The van der Waals surface area contributed by atoms with Crippen LogP contribution < -0.4 is 10.1 Å². The molecule has 0 saturated heterocycles. The van der Waals surface area contributed by atoms with Gasteiger partial charge in [-0.3, -0.25) is 4.79 Å². The molecular formula is C15H18N4O2. The summed E-state index contributed by atoms with van der Waals surface area (Å²) in [4.78, 5) is 13.9. The average molecular weight is 286 g/mol. The third-order valence-corrected chi connectivity index (χ3v) is 3.04. The first kappa shape index (κ1) is 14.8. The number of ether oxygens (including phenoxy) is 1. The number of nitrogens with one attached hydrogen (secondary N) is 1. The third kappa shape index (κ3) is 3.68. The highest BCUT2D eigenvalue weighted by molar-refractivity contribution is 5.92. The summed E-state index contributed by atoms with van der Waals surface area (Å²) in [5.41, 5.74) is 1.31. The maximum absolute atomic E-state index is 12.3. The van der Waals surface area contributed by atoms with E-state index in [1.807, 2.05) is 24.3 Å². The lowest BCUT2D eigenvalue weighted by Gasteiger charge is -2.17. The lowest BCUT2D eigenvalue weighted by Crippen LogP contribution is -2.27. The Kier molecular flexibility index (Phi) is 4.71. The molecule has 0 aliphatic rings. The molecule has 1 heterocycles. The molecule has 0 saturated carbocycles. The van der Waals surface area contributed by atoms with Gasteiger partial charge in [0, 0.05) is 20.6 Å². The molecule has 21 heavy (non-hydrogen) atoms. The van der Waals surface area contributed by atoms with Crippen molar-refractivity contribution >= 4 is 11.7 Å². The molecular weight excluding hydrogens is 268 g/mol. The molecule has 6 heteroatoms. The van der Waals surface area contributed by atoms with Crippen LogP contribution in [-0.4, -0.2) is 42.2 Å². The van der Waals surface area contributed by atoms with Gasteiger partial charge in [0.25, 0.3) is 5.91 Å². The number of nitrogens with zero attached hydrogens (tertiary/aromatic N) is 3. The second-order valence-electron chi connectivity index (χ2n) is 4.57. The van der Waals surface area contributed by atoms with Crippen LogP contribution in [0, 0.1) is 0 Å². The van der Waals surface area contributed by atoms with Crippen molar-refractivity contribution in [3.63, 3.8) is 0 Å². The van der Waals surface area contributed by atoms with E-state index in [2.05, 4.69) is 15.5 Å². The number of aromatic nitrogens is 2. The van der Waals surface area contributed by atoms with Crippen LogP contribution in [0.15, 0.2) is 36.4 Å². The fourth-order valence-corrected chi connectivity index (χ4v) is 1.89. The molecule has 6 nitrogen and oxygen atoms in total. The lowest BCUT2D eigenvalue weighted by atomic mass is 10.2. The van der Waals surface area contributed by atoms with E-state index in [4.69, 9.17) is 4.74 Å². The topological polar surface area (TPSA) is 67.4 Å². The summed E-state index contributed by atoms with van der Waals surface area (Å²) in [6.07, 6.45) is 0. The van der Waals surface area contributed by atoms with E-state index in [1.54, 1.807) is 38.2 Å². The molecule has 0 spiro atoms. The quantitative estimate of drug-likeness (QED) is 0.907. The second kappa shape index (κ2) is 6.69. The van der Waals surface area contributed by atoms with Gasteiger partial charge >= 0.3 is 0 Å². The average Bonchev–Trinajstić information content (AvgIpc) is 2.54. The summed E-state index contributed by atoms with van der Waals surface area (Å²) in [5, 5.41) is 10.7. The zero-order valence-corrected chi connectivity index (χ0v) is 12.3. The minimum atomic E-state index is -0.173. The predicted octanol–water partition coefficient (Wildman–Crippen LogP) is 1.80. The molecule has 2 rings (SSSR count). The number of rotatable bonds is 5. The predicted molar refractivity (Wildman–Crippen MR) is 80.4 cm³/mol. The highest BCUT2D eigenvalue weighted by Crippen LogP contribution is 2.14. The molecule has 0 bridgehead atoms. The lowest BCUT2D eigenvalue weighted by molar-refractivity contribution is 0.0778. The van der Waals surface area contributed by atoms with Gasteiger partial charge in [0.15, 0.2) is 5.69 Å². The molecule has 1 aromatic carbocycles. The number of benzene rings is 1. The minimum absolute atomic E-state index is 0.173. The summed E-state index contributed by atoms with van der Waals surface area (Å²) in [6, 6.07) is 11.0. The van der Waals surface area contributed by atoms with Crippen LogP contribution in [0.3, 0.4) is 0 Å². The van der Waals surface area contributed by atoms with E-state index in [9.17, 15) is 4.79 Å². The maximum atomic E-state index is 12.3. The summed E-state index contributed by atoms with van der Waals surface area (Å²) >= 11 is 0. The van der Waals surface area contributed by atoms with Gasteiger partial charge in [-0.1, -0.05) is 12.1 Å². The van der Waals surface area contributed by atoms with Gasteiger partial charge < -0.3 is 15.0 Å². The highest BCUT2D eigenvalue weighted by atomic mass is 16.5. The van der Waals surface area contributed by atoms with E-state index in [0.717, 1.165) is 11.3 Å². The molecule has 0 unspecified atom stereocenters. The Hall–Kier alpha value is -2.63. The summed E-state index contributed by atoms with van der Waals surface area (Å²) in [5.74, 6) is 1.22. The van der Waals surface area contributed by atoms with Gasteiger partial charge in [-0.15, -0.1) is 10.2 Å². The van der Waals surface area contributed by atoms with Crippen LogP contribution in [0.1, 0.15) is 16.1 Å². The largest absolute Gasteiger partial charge is 0.497 e. The van der Waals surface area contributed by atoms with Crippen molar-refractivity contribution in [3.05, 3.63) is 47.7 Å². The number of anilines is 1. The zero-order valence-electron chi connectivity index (χ0n) is 12.3. The van der Waals surface area contributed by atoms with E-state index < -0.39 is 0 Å². The van der Waals surface area contributed by atoms with Gasteiger partial charge in [-0.25, -0.2) is 0 Å². The van der Waals surface area contributed by atoms with Crippen molar-refractivity contribution in [1.29, 1.82) is 0 Å². The van der Waals surface area contributed by atoms with Gasteiger partial charge in [0.2, 0.25) is 0 Å². The molecule has 0 aliphatic carbocycles. The molecule has 1 aromatic heterocycles. The third-order valence-electron chi connectivity index (χ3n) is 3.04. The van der Waals surface area contributed by atoms with Crippen LogP contribution in [0.4, 0.5) is 5.82 Å². The molecule has 1 N–H and O–H groups in total. The Labute approximate surface area is 123 Å². The smallest absolute Gasteiger partial charge is 0.274 e. The van der Waals surface area contributed by atoms with Crippen molar-refractivity contribution in [2.75, 3.05) is 26.5 Å². The second-order valence-corrected chi connectivity index (χ2v) is 4.57. The Balaban J connectivity index is 2.07. The Bertz CT molecular complexity index is 613. The highest BCUT2D eigenvalue weighted by Gasteiger charge is 2.14. The van der Waals surface area contributed by atoms with Crippen LogP contribution in [0.5, 0.6) is 5.75 Å². The monoisotopic (exact) mass is 286 g/mol. The first-order chi connectivity index (χ1) is 10.1. The summed E-state index contributed by atoms with van der Waals surface area (Å²) in [6.45, 7) is 0.478. The maximum Gasteiger partial charge on any atom is 0.274 e. The van der Waals surface area contributed by atoms with Crippen LogP contribution >= 0.6 is 0 Å². The normalized spacial score (nSPS) is 10.0. The van der Waals surface area contributed by atoms with Crippen molar-refractivity contribution in [3.8, 4) is 5.75 Å². The molecule has 0 atom stereocenters. The van der Waals surface area contributed by atoms with Crippen molar-refractivity contribution in [2.45, 2.75) is 6.54 Å². The molecule has 0 fully saturated rings. The number of carbonyl (C=O) groups excluding carboxylic acids is 1. The number of hydrogen-bond acceptors (Lipinski definition) is 5. The van der Waals surface area contributed by atoms with E-state index in [0.29, 0.717) is 18.1 Å². The van der Waals surface area contributed by atoms with E-state index >= 15 is 0 Å². The fourth-order valence-electron chi connectivity index (χ4n) is 1.89. The Morgan fingerprint density at radius 3 is 2.71 bits per heavy atom. The van der Waals surface area contributed by atoms with Crippen molar-refractivity contribution in [2.24, 2.45) is 0 Å². The summed E-state index contributed by atoms with van der Waals surface area (Å²) < 4.78 is 5.17. The van der Waals surface area contributed by atoms with Crippen molar-refractivity contribution in [1.82, 2.24) is 15.1 Å². The van der Waals surface area contributed by atoms with Gasteiger partial charge in [0.05, 0.1) is 7.11 Å². The first-order valence-corrected chi connectivity index (χ1v) is 6.54. The number of carbonyl (C=O) groups is 1. The van der Waals surface area contributed by atoms with Gasteiger partial charge in [-0.05, 0) is 29.8 Å². The van der Waals surface area contributed by atoms with E-state index in [1.165, 1.54) is 0 Å². The molecule has 1 amide bonds. The van der Waals surface area contributed by atoms with E-state index in [-0.39, 0.29) is 5.91 Å². The number of amides is 1. The van der Waals surface area contributed by atoms with Gasteiger partial charge in [-0.2, -0.15) is 0 Å². The fraction of sp³-hybridized carbons (Fsp3) is 0.267. The standard InChI is InChI=1S/C15H18N4O2/c1-16-14-8-7-13(17-18-14)15(20)19(2)10-11-5-4-6-12(9-11)21-3/h4-9H,10H2,1-3H3,(H,16,18). The minimum Gasteiger partial charge on any atom is -0.497 e. The Morgan fingerprint density at radius 2 is 2.10 bits per heavy atom. The van der Waals surface area contributed by atoms with Gasteiger partial charge in [0.1, 0.15) is 11.6 Å². The van der Waals surface area contributed by atoms with Crippen LogP contribution in [0.25, 0.3) is 0 Å². The number of hydrogen-bond donors (Lipinski definition) is 1. The molecule has 0 aliphatic heterocycles. The van der Waals surface area contributed by atoms with Crippen LogP contribution in [0.2, 0.25) is 0 Å². The molecule has 2 aromatic rings. The zero-order chi connectivity index (χ0) is 15.2. The van der Waals surface area contributed by atoms with Crippen LogP contribution in [-0.2, 0) is 6.54 Å². The van der Waals surface area contributed by atoms with Crippen molar-refractivity contribution < 1.29 is 9.53 Å². The summed E-state index contributed by atoms with van der Waals surface area (Å²) in [7, 11) is 5.10. The molecule has 110 valence electrons. The molecule has 0 radical (unpaired) electrons. The number of methoxy groups -OCH3 is 1. The Morgan fingerprint density at radius 1 is 1.29 bits per heavy atom. The SMILES string of the molecule is CNc1ccc(C(=O)N(C)Cc2cccc(OC)c2)nn1.